The number of rotatable bonds is 3. The Morgan fingerprint density at radius 2 is 1.60 bits per heavy atom. The second-order valence-corrected chi connectivity index (χ2v) is 8.70. The first-order chi connectivity index (χ1) is 12.1. The number of hydrogen-bond acceptors (Lipinski definition) is 4. The number of anilines is 1. The zero-order valence-electron chi connectivity index (χ0n) is 13.2. The molecule has 1 aromatic heterocycles. The van der Waals surface area contributed by atoms with Gasteiger partial charge < -0.3 is 5.32 Å². The summed E-state index contributed by atoms with van der Waals surface area (Å²) in [5, 5.41) is 4.41. The maximum Gasteiger partial charge on any atom is 0.225 e. The minimum absolute atomic E-state index is 0.116. The number of nitrogens with one attached hydrogen (secondary N) is 1. The van der Waals surface area contributed by atoms with Gasteiger partial charge in [-0.15, -0.1) is 11.3 Å². The van der Waals surface area contributed by atoms with Crippen molar-refractivity contribution in [1.82, 2.24) is 0 Å². The number of fused-ring (bicyclic) bond motifs is 1. The number of carbonyl (C=O) groups is 1. The van der Waals surface area contributed by atoms with Crippen LogP contribution in [0.1, 0.15) is 22.8 Å². The van der Waals surface area contributed by atoms with Crippen molar-refractivity contribution in [2.24, 2.45) is 0 Å². The second kappa shape index (κ2) is 6.13. The molecule has 0 aliphatic carbocycles. The van der Waals surface area contributed by atoms with Crippen molar-refractivity contribution in [3.05, 3.63) is 76.5 Å². The Kier molecular flexibility index (Phi) is 3.94. The molecule has 3 aromatic rings. The van der Waals surface area contributed by atoms with Crippen LogP contribution in [0, 0.1) is 0 Å². The van der Waals surface area contributed by atoms with Gasteiger partial charge in [0, 0.05) is 22.6 Å². The molecule has 6 heteroatoms. The predicted octanol–water partition coefficient (Wildman–Crippen LogP) is 4.06. The Hall–Kier alpha value is -2.44. The molecule has 1 aliphatic rings. The monoisotopic (exact) mass is 369 g/mol. The van der Waals surface area contributed by atoms with Crippen molar-refractivity contribution < 1.29 is 13.2 Å². The van der Waals surface area contributed by atoms with Gasteiger partial charge in [-0.3, -0.25) is 4.79 Å². The first-order valence-corrected chi connectivity index (χ1v) is 10.2. The van der Waals surface area contributed by atoms with E-state index in [9.17, 15) is 13.2 Å². The largest absolute Gasteiger partial charge is 0.324 e. The summed E-state index contributed by atoms with van der Waals surface area (Å²) in [7, 11) is -3.67. The van der Waals surface area contributed by atoms with Crippen molar-refractivity contribution in [3.8, 4) is 0 Å². The van der Waals surface area contributed by atoms with Gasteiger partial charge >= 0.3 is 0 Å². The molecule has 4 nitrogen and oxygen atoms in total. The molecule has 126 valence electrons. The van der Waals surface area contributed by atoms with E-state index in [1.165, 1.54) is 11.3 Å². The van der Waals surface area contributed by atoms with Crippen LogP contribution in [0.3, 0.4) is 0 Å². The van der Waals surface area contributed by atoms with Gasteiger partial charge in [-0.05, 0) is 17.7 Å². The molecular weight excluding hydrogens is 354 g/mol. The minimum atomic E-state index is -3.67. The molecule has 1 aliphatic heterocycles. The highest BCUT2D eigenvalue weighted by atomic mass is 32.2. The van der Waals surface area contributed by atoms with Crippen LogP contribution in [-0.4, -0.2) is 14.3 Å². The lowest BCUT2D eigenvalue weighted by molar-refractivity contribution is -0.116. The maximum absolute atomic E-state index is 13.0. The third-order valence-corrected chi connectivity index (χ3v) is 7.34. The summed E-state index contributed by atoms with van der Waals surface area (Å²) in [6.45, 7) is 0. The van der Waals surface area contributed by atoms with Gasteiger partial charge in [0.25, 0.3) is 0 Å². The van der Waals surface area contributed by atoms with Gasteiger partial charge in [-0.2, -0.15) is 0 Å². The van der Waals surface area contributed by atoms with E-state index in [4.69, 9.17) is 0 Å². The van der Waals surface area contributed by atoms with Crippen molar-refractivity contribution >= 4 is 32.8 Å². The van der Waals surface area contributed by atoms with Crippen molar-refractivity contribution in [2.75, 3.05) is 5.32 Å². The molecule has 0 bridgehead atoms. The molecule has 1 N–H and O–H groups in total. The van der Waals surface area contributed by atoms with Gasteiger partial charge in [-0.25, -0.2) is 8.42 Å². The van der Waals surface area contributed by atoms with Crippen LogP contribution in [0.15, 0.2) is 75.8 Å². The van der Waals surface area contributed by atoms with Crippen molar-refractivity contribution in [1.29, 1.82) is 0 Å². The smallest absolute Gasteiger partial charge is 0.225 e. The fourth-order valence-corrected chi connectivity index (χ4v) is 6.01. The molecule has 25 heavy (non-hydrogen) atoms. The van der Waals surface area contributed by atoms with E-state index in [1.807, 2.05) is 30.3 Å². The van der Waals surface area contributed by atoms with E-state index < -0.39 is 9.84 Å². The topological polar surface area (TPSA) is 63.2 Å². The van der Waals surface area contributed by atoms with E-state index in [2.05, 4.69) is 5.32 Å². The number of amides is 1. The van der Waals surface area contributed by atoms with Crippen LogP contribution >= 0.6 is 11.3 Å². The second-order valence-electron chi connectivity index (χ2n) is 5.87. The normalized spacial score (nSPS) is 17.0. The Morgan fingerprint density at radius 3 is 2.28 bits per heavy atom. The van der Waals surface area contributed by atoms with Crippen LogP contribution < -0.4 is 5.32 Å². The standard InChI is InChI=1S/C19H15NO3S2/c21-17-11-15(13-7-3-1-4-8-13)19-18(20-17)16(12-24-19)25(22,23)14-9-5-2-6-10-14/h1-10,12,15H,11H2,(H,20,21)/t15-/m0/s1. The Morgan fingerprint density at radius 1 is 0.960 bits per heavy atom. The number of thiophene rings is 1. The van der Waals surface area contributed by atoms with Gasteiger partial charge in [0.15, 0.2) is 0 Å². The molecule has 2 aromatic carbocycles. The van der Waals surface area contributed by atoms with Gasteiger partial charge in [-0.1, -0.05) is 48.5 Å². The summed E-state index contributed by atoms with van der Waals surface area (Å²) < 4.78 is 25.9. The fraction of sp³-hybridized carbons (Fsp3) is 0.105. The summed E-state index contributed by atoms with van der Waals surface area (Å²) >= 11 is 1.38. The molecular formula is C19H15NO3S2. The molecule has 1 atom stereocenters. The van der Waals surface area contributed by atoms with Crippen LogP contribution in [0.5, 0.6) is 0 Å². The fourth-order valence-electron chi connectivity index (χ4n) is 3.08. The summed E-state index contributed by atoms with van der Waals surface area (Å²) in [5.41, 5.74) is 1.45. The number of carbonyl (C=O) groups excluding carboxylic acids is 1. The Bertz CT molecular complexity index is 1030. The van der Waals surface area contributed by atoms with Crippen LogP contribution in [-0.2, 0) is 14.6 Å². The molecule has 0 fully saturated rings. The summed E-state index contributed by atoms with van der Waals surface area (Å²) in [5.74, 6) is -0.279. The quantitative estimate of drug-likeness (QED) is 0.757. The lowest BCUT2D eigenvalue weighted by atomic mass is 9.91. The van der Waals surface area contributed by atoms with Crippen LogP contribution in [0.25, 0.3) is 0 Å². The van der Waals surface area contributed by atoms with Crippen LogP contribution in [0.2, 0.25) is 0 Å². The molecule has 0 unspecified atom stereocenters. The third-order valence-electron chi connectivity index (χ3n) is 4.30. The first kappa shape index (κ1) is 16.1. The Labute approximate surface area is 150 Å². The zero-order chi connectivity index (χ0) is 17.4. The van der Waals surface area contributed by atoms with E-state index in [0.29, 0.717) is 12.1 Å². The average Bonchev–Trinajstić information content (AvgIpc) is 3.07. The first-order valence-electron chi connectivity index (χ1n) is 7.83. The molecule has 0 radical (unpaired) electrons. The number of sulfone groups is 1. The predicted molar refractivity (Wildman–Crippen MR) is 97.7 cm³/mol. The van der Waals surface area contributed by atoms with Gasteiger partial charge in [0.05, 0.1) is 10.6 Å². The number of benzene rings is 2. The van der Waals surface area contributed by atoms with E-state index >= 15 is 0 Å². The molecule has 0 saturated carbocycles. The highest BCUT2D eigenvalue weighted by Gasteiger charge is 2.34. The summed E-state index contributed by atoms with van der Waals surface area (Å²) in [6, 6.07) is 18.0. The van der Waals surface area contributed by atoms with Crippen molar-refractivity contribution in [3.63, 3.8) is 0 Å². The number of hydrogen-bond donors (Lipinski definition) is 1. The maximum atomic E-state index is 13.0. The molecule has 0 saturated heterocycles. The average molecular weight is 369 g/mol. The SMILES string of the molecule is O=C1C[C@@H](c2ccccc2)c2scc(S(=O)(=O)c3ccccc3)c2N1. The van der Waals surface area contributed by atoms with E-state index in [1.54, 1.807) is 35.7 Å². The van der Waals surface area contributed by atoms with E-state index in [-0.39, 0.29) is 21.6 Å². The summed E-state index contributed by atoms with van der Waals surface area (Å²) in [6.07, 6.45) is 0.322. The molecule has 4 rings (SSSR count). The molecule has 1 amide bonds. The minimum Gasteiger partial charge on any atom is -0.324 e. The molecule has 0 spiro atoms. The Balaban J connectivity index is 1.85. The third kappa shape index (κ3) is 2.77. The lowest BCUT2D eigenvalue weighted by Crippen LogP contribution is -2.23. The highest BCUT2D eigenvalue weighted by molar-refractivity contribution is 7.91. The van der Waals surface area contributed by atoms with Gasteiger partial charge in [0.2, 0.25) is 15.7 Å². The molecule has 2 heterocycles. The lowest BCUT2D eigenvalue weighted by Gasteiger charge is -2.23. The van der Waals surface area contributed by atoms with Crippen LogP contribution in [0.4, 0.5) is 5.69 Å². The zero-order valence-corrected chi connectivity index (χ0v) is 14.8. The highest BCUT2D eigenvalue weighted by Crippen LogP contribution is 2.45. The van der Waals surface area contributed by atoms with E-state index in [0.717, 1.165) is 10.4 Å². The van der Waals surface area contributed by atoms with Crippen molar-refractivity contribution in [2.45, 2.75) is 22.1 Å². The summed E-state index contributed by atoms with van der Waals surface area (Å²) in [4.78, 5) is 13.5. The van der Waals surface area contributed by atoms with Gasteiger partial charge in [0.1, 0.15) is 4.90 Å².